The molecule has 5 nitrogen and oxygen atoms in total. The minimum atomic E-state index is -0.454. The highest BCUT2D eigenvalue weighted by Gasteiger charge is 2.22. The van der Waals surface area contributed by atoms with Crippen molar-refractivity contribution in [1.82, 2.24) is 9.97 Å². The normalized spacial score (nSPS) is 12.7. The maximum Gasteiger partial charge on any atom is 0.328 e. The molecule has 0 aliphatic rings. The summed E-state index contributed by atoms with van der Waals surface area (Å²) in [5.74, 6) is 0.613. The Morgan fingerprint density at radius 1 is 1.48 bits per heavy atom. The van der Waals surface area contributed by atoms with Crippen LogP contribution in [0.5, 0.6) is 0 Å². The number of halogens is 1. The van der Waals surface area contributed by atoms with Gasteiger partial charge in [0.1, 0.15) is 16.7 Å². The second-order valence-corrected chi connectivity index (χ2v) is 6.84. The molecule has 1 atom stereocenters. The number of hydrogen-bond donors (Lipinski definition) is 1. The molecule has 0 amide bonds. The molecule has 2 heterocycles. The number of nitrogens with zero attached hydrogens (tertiary/aromatic N) is 2. The van der Waals surface area contributed by atoms with E-state index in [1.165, 1.54) is 7.11 Å². The van der Waals surface area contributed by atoms with Gasteiger partial charge in [-0.25, -0.2) is 14.8 Å². The molecule has 7 heteroatoms. The summed E-state index contributed by atoms with van der Waals surface area (Å²) in [6.45, 7) is 6.10. The number of anilines is 1. The van der Waals surface area contributed by atoms with Gasteiger partial charge in [0.15, 0.2) is 0 Å². The van der Waals surface area contributed by atoms with E-state index in [2.05, 4.69) is 29.1 Å². The van der Waals surface area contributed by atoms with Gasteiger partial charge in [-0.1, -0.05) is 13.8 Å². The molecule has 0 saturated carbocycles. The standard InChI is InChI=1S/C14H18ClN3O2S/c1-7(2)5-10(13(19)20-4)16-11-9-6-8(3)21-12(9)18-14(15)17-11/h6-7,10H,5H2,1-4H3,(H,16,17,18). The summed E-state index contributed by atoms with van der Waals surface area (Å²) in [5.41, 5.74) is 0. The van der Waals surface area contributed by atoms with Gasteiger partial charge in [-0.2, -0.15) is 0 Å². The molecule has 2 aromatic rings. The number of carbonyl (C=O) groups excluding carboxylic acids is 1. The van der Waals surface area contributed by atoms with Gasteiger partial charge in [0.05, 0.1) is 12.5 Å². The lowest BCUT2D eigenvalue weighted by molar-refractivity contribution is -0.141. The fourth-order valence-corrected chi connectivity index (χ4v) is 3.22. The second-order valence-electron chi connectivity index (χ2n) is 5.27. The van der Waals surface area contributed by atoms with Crippen LogP contribution in [-0.4, -0.2) is 29.1 Å². The van der Waals surface area contributed by atoms with Gasteiger partial charge in [-0.05, 0) is 36.9 Å². The van der Waals surface area contributed by atoms with E-state index >= 15 is 0 Å². The lowest BCUT2D eigenvalue weighted by Gasteiger charge is -2.19. The molecule has 0 saturated heterocycles. The number of fused-ring (bicyclic) bond motifs is 1. The van der Waals surface area contributed by atoms with Gasteiger partial charge in [0, 0.05) is 4.88 Å². The number of esters is 1. The quantitative estimate of drug-likeness (QED) is 0.670. The summed E-state index contributed by atoms with van der Waals surface area (Å²) in [7, 11) is 1.38. The lowest BCUT2D eigenvalue weighted by Crippen LogP contribution is -2.32. The van der Waals surface area contributed by atoms with E-state index in [0.717, 1.165) is 15.1 Å². The lowest BCUT2D eigenvalue weighted by atomic mass is 10.0. The number of methoxy groups -OCH3 is 1. The highest BCUT2D eigenvalue weighted by Crippen LogP contribution is 2.30. The smallest absolute Gasteiger partial charge is 0.328 e. The number of aryl methyl sites for hydroxylation is 1. The Kier molecular flexibility index (Phi) is 5.00. The van der Waals surface area contributed by atoms with Gasteiger partial charge >= 0.3 is 5.97 Å². The Balaban J connectivity index is 2.37. The van der Waals surface area contributed by atoms with Crippen LogP contribution in [0.25, 0.3) is 10.2 Å². The van der Waals surface area contributed by atoms with Gasteiger partial charge in [-0.3, -0.25) is 0 Å². The second kappa shape index (κ2) is 6.58. The first kappa shape index (κ1) is 16.0. The van der Waals surface area contributed by atoms with Gasteiger partial charge in [-0.15, -0.1) is 11.3 Å². The third-order valence-corrected chi connectivity index (χ3v) is 4.11. The first-order chi connectivity index (χ1) is 9.90. The molecule has 1 N–H and O–H groups in total. The summed E-state index contributed by atoms with van der Waals surface area (Å²) >= 11 is 7.51. The Morgan fingerprint density at radius 2 is 2.19 bits per heavy atom. The summed E-state index contributed by atoms with van der Waals surface area (Å²) in [6, 6.07) is 1.53. The monoisotopic (exact) mass is 327 g/mol. The third kappa shape index (κ3) is 3.83. The number of thiophene rings is 1. The predicted molar refractivity (Wildman–Crippen MR) is 86.0 cm³/mol. The maximum atomic E-state index is 11.9. The fourth-order valence-electron chi connectivity index (χ4n) is 2.12. The number of rotatable bonds is 5. The van der Waals surface area contributed by atoms with Crippen molar-refractivity contribution in [2.24, 2.45) is 5.92 Å². The summed E-state index contributed by atoms with van der Waals surface area (Å²) in [6.07, 6.45) is 0.652. The molecule has 0 radical (unpaired) electrons. The molecule has 2 aromatic heterocycles. The number of carbonyl (C=O) groups is 1. The molecular weight excluding hydrogens is 310 g/mol. The van der Waals surface area contributed by atoms with Crippen molar-refractivity contribution >= 4 is 44.9 Å². The van der Waals surface area contributed by atoms with Gasteiger partial charge < -0.3 is 10.1 Å². The van der Waals surface area contributed by atoms with E-state index in [1.807, 2.05) is 13.0 Å². The molecule has 0 aromatic carbocycles. The average molecular weight is 328 g/mol. The molecule has 0 spiro atoms. The zero-order chi connectivity index (χ0) is 15.6. The van der Waals surface area contributed by atoms with E-state index < -0.39 is 6.04 Å². The number of ether oxygens (including phenoxy) is 1. The molecular formula is C14H18ClN3O2S. The fraction of sp³-hybridized carbons (Fsp3) is 0.500. The van der Waals surface area contributed by atoms with E-state index in [1.54, 1.807) is 11.3 Å². The predicted octanol–water partition coefficient (Wildman–Crippen LogP) is 3.65. The summed E-state index contributed by atoms with van der Waals surface area (Å²) < 4.78 is 4.86. The largest absolute Gasteiger partial charge is 0.467 e. The van der Waals surface area contributed by atoms with E-state index in [-0.39, 0.29) is 11.3 Å². The van der Waals surface area contributed by atoms with Crippen LogP contribution in [0.3, 0.4) is 0 Å². The van der Waals surface area contributed by atoms with Crippen LogP contribution in [0.1, 0.15) is 25.1 Å². The van der Waals surface area contributed by atoms with Crippen molar-refractivity contribution < 1.29 is 9.53 Å². The highest BCUT2D eigenvalue weighted by molar-refractivity contribution is 7.18. The van der Waals surface area contributed by atoms with Crippen molar-refractivity contribution in [3.63, 3.8) is 0 Å². The molecule has 0 bridgehead atoms. The first-order valence-electron chi connectivity index (χ1n) is 6.68. The maximum absolute atomic E-state index is 11.9. The van der Waals surface area contributed by atoms with E-state index in [0.29, 0.717) is 18.2 Å². The molecule has 0 aliphatic carbocycles. The summed E-state index contributed by atoms with van der Waals surface area (Å²) in [5, 5.41) is 4.20. The van der Waals surface area contributed by atoms with Crippen molar-refractivity contribution in [3.05, 3.63) is 16.2 Å². The molecule has 0 fully saturated rings. The Morgan fingerprint density at radius 3 is 2.81 bits per heavy atom. The number of nitrogens with one attached hydrogen (secondary N) is 1. The van der Waals surface area contributed by atoms with Crippen molar-refractivity contribution in [2.75, 3.05) is 12.4 Å². The Hall–Kier alpha value is -1.40. The number of aromatic nitrogens is 2. The van der Waals surface area contributed by atoms with Gasteiger partial charge in [0.25, 0.3) is 0 Å². The van der Waals surface area contributed by atoms with Crippen LogP contribution in [0.2, 0.25) is 5.28 Å². The van der Waals surface area contributed by atoms with Crippen molar-refractivity contribution in [2.45, 2.75) is 33.2 Å². The van der Waals surface area contributed by atoms with E-state index in [9.17, 15) is 4.79 Å². The molecule has 21 heavy (non-hydrogen) atoms. The Bertz CT molecular complexity index is 657. The van der Waals surface area contributed by atoms with Crippen LogP contribution in [0.4, 0.5) is 5.82 Å². The first-order valence-corrected chi connectivity index (χ1v) is 7.88. The topological polar surface area (TPSA) is 64.1 Å². The van der Waals surface area contributed by atoms with Crippen LogP contribution >= 0.6 is 22.9 Å². The summed E-state index contributed by atoms with van der Waals surface area (Å²) in [4.78, 5) is 22.3. The minimum absolute atomic E-state index is 0.167. The minimum Gasteiger partial charge on any atom is -0.467 e. The van der Waals surface area contributed by atoms with Crippen LogP contribution in [0, 0.1) is 12.8 Å². The molecule has 1 unspecified atom stereocenters. The zero-order valence-corrected chi connectivity index (χ0v) is 14.0. The SMILES string of the molecule is COC(=O)C(CC(C)C)Nc1nc(Cl)nc2sc(C)cc12. The highest BCUT2D eigenvalue weighted by atomic mass is 35.5. The van der Waals surface area contributed by atoms with Crippen LogP contribution in [0.15, 0.2) is 6.07 Å². The third-order valence-electron chi connectivity index (χ3n) is 2.99. The van der Waals surface area contributed by atoms with E-state index in [4.69, 9.17) is 16.3 Å². The van der Waals surface area contributed by atoms with Crippen LogP contribution < -0.4 is 5.32 Å². The zero-order valence-electron chi connectivity index (χ0n) is 12.4. The Labute approximate surface area is 132 Å². The van der Waals surface area contributed by atoms with Crippen molar-refractivity contribution in [1.29, 1.82) is 0 Å². The van der Waals surface area contributed by atoms with Crippen molar-refractivity contribution in [3.8, 4) is 0 Å². The average Bonchev–Trinajstić information content (AvgIpc) is 2.76. The van der Waals surface area contributed by atoms with Crippen LogP contribution in [-0.2, 0) is 9.53 Å². The van der Waals surface area contributed by atoms with Gasteiger partial charge in [0.2, 0.25) is 5.28 Å². The molecule has 114 valence electrons. The number of hydrogen-bond acceptors (Lipinski definition) is 6. The molecule has 0 aliphatic heterocycles. The molecule has 2 rings (SSSR count).